The van der Waals surface area contributed by atoms with Crippen molar-refractivity contribution in [1.82, 2.24) is 0 Å². The van der Waals surface area contributed by atoms with E-state index in [1.54, 1.807) is 32.9 Å². The van der Waals surface area contributed by atoms with Crippen LogP contribution in [-0.2, 0) is 14.3 Å². The predicted octanol–water partition coefficient (Wildman–Crippen LogP) is 2.00. The normalized spacial score (nSPS) is 14.9. The number of esters is 1. The van der Waals surface area contributed by atoms with Crippen LogP contribution in [0.25, 0.3) is 0 Å². The molecule has 0 saturated heterocycles. The van der Waals surface area contributed by atoms with Crippen LogP contribution in [-0.4, -0.2) is 23.7 Å². The number of carboxylic acids is 1. The Balaban J connectivity index is 4.96. The van der Waals surface area contributed by atoms with Crippen LogP contribution < -0.4 is 0 Å². The molecule has 4 nitrogen and oxygen atoms in total. The molecule has 86 valence electrons. The fourth-order valence-electron chi connectivity index (χ4n) is 1.29. The van der Waals surface area contributed by atoms with Gasteiger partial charge in [0.05, 0.1) is 6.61 Å². The lowest BCUT2D eigenvalue weighted by Crippen LogP contribution is -2.39. The highest BCUT2D eigenvalue weighted by molar-refractivity contribution is 5.99. The van der Waals surface area contributed by atoms with Gasteiger partial charge in [-0.2, -0.15) is 0 Å². The summed E-state index contributed by atoms with van der Waals surface area (Å²) in [5.41, 5.74) is -1.43. The van der Waals surface area contributed by atoms with E-state index in [-0.39, 0.29) is 19.4 Å². The molecule has 0 saturated carbocycles. The standard InChI is InChI=1S/C11H18O4/c1-4-7-8-11(5-2,9(12)13)10(14)15-6-3/h4,7H,5-6,8H2,1-3H3,(H,12,13)/b7-4+. The summed E-state index contributed by atoms with van der Waals surface area (Å²) in [7, 11) is 0. The molecule has 0 aromatic heterocycles. The first kappa shape index (κ1) is 13.7. The van der Waals surface area contributed by atoms with Gasteiger partial charge < -0.3 is 9.84 Å². The second-order valence-corrected chi connectivity index (χ2v) is 3.23. The van der Waals surface area contributed by atoms with E-state index in [0.717, 1.165) is 0 Å². The van der Waals surface area contributed by atoms with E-state index in [0.29, 0.717) is 0 Å². The van der Waals surface area contributed by atoms with E-state index in [2.05, 4.69) is 0 Å². The molecule has 0 amide bonds. The molecule has 1 unspecified atom stereocenters. The van der Waals surface area contributed by atoms with Crippen molar-refractivity contribution in [2.75, 3.05) is 6.61 Å². The highest BCUT2D eigenvalue weighted by atomic mass is 16.5. The van der Waals surface area contributed by atoms with Crippen molar-refractivity contribution in [3.63, 3.8) is 0 Å². The minimum atomic E-state index is -1.43. The van der Waals surface area contributed by atoms with Gasteiger partial charge in [-0.3, -0.25) is 9.59 Å². The molecule has 0 aromatic rings. The topological polar surface area (TPSA) is 63.6 Å². The second kappa shape index (κ2) is 6.22. The van der Waals surface area contributed by atoms with Crippen molar-refractivity contribution >= 4 is 11.9 Å². The van der Waals surface area contributed by atoms with E-state index in [1.807, 2.05) is 0 Å². The molecule has 0 bridgehead atoms. The molecule has 0 rings (SSSR count). The molecule has 1 atom stereocenters. The van der Waals surface area contributed by atoms with Crippen molar-refractivity contribution in [3.05, 3.63) is 12.2 Å². The van der Waals surface area contributed by atoms with Gasteiger partial charge >= 0.3 is 11.9 Å². The molecule has 0 spiro atoms. The summed E-state index contributed by atoms with van der Waals surface area (Å²) in [5, 5.41) is 9.11. The third kappa shape index (κ3) is 3.08. The van der Waals surface area contributed by atoms with Crippen molar-refractivity contribution in [1.29, 1.82) is 0 Å². The van der Waals surface area contributed by atoms with E-state index in [9.17, 15) is 9.59 Å². The maximum atomic E-state index is 11.6. The molecule has 0 aliphatic carbocycles. The van der Waals surface area contributed by atoms with E-state index in [1.165, 1.54) is 0 Å². The van der Waals surface area contributed by atoms with Crippen molar-refractivity contribution in [3.8, 4) is 0 Å². The second-order valence-electron chi connectivity index (χ2n) is 3.23. The quantitative estimate of drug-likeness (QED) is 0.417. The fourth-order valence-corrected chi connectivity index (χ4v) is 1.29. The molecule has 15 heavy (non-hydrogen) atoms. The van der Waals surface area contributed by atoms with Crippen LogP contribution in [0.15, 0.2) is 12.2 Å². The third-order valence-electron chi connectivity index (χ3n) is 2.38. The maximum absolute atomic E-state index is 11.6. The largest absolute Gasteiger partial charge is 0.480 e. The average molecular weight is 214 g/mol. The molecular formula is C11H18O4. The van der Waals surface area contributed by atoms with Gasteiger partial charge in [-0.1, -0.05) is 19.1 Å². The number of ether oxygens (including phenoxy) is 1. The van der Waals surface area contributed by atoms with Gasteiger partial charge in [0.25, 0.3) is 0 Å². The van der Waals surface area contributed by atoms with Crippen LogP contribution in [0.3, 0.4) is 0 Å². The van der Waals surface area contributed by atoms with Gasteiger partial charge in [-0.15, -0.1) is 0 Å². The minimum absolute atomic E-state index is 0.175. The lowest BCUT2D eigenvalue weighted by atomic mass is 9.81. The maximum Gasteiger partial charge on any atom is 0.323 e. The van der Waals surface area contributed by atoms with Gasteiger partial charge in [0.15, 0.2) is 5.41 Å². The molecule has 0 aliphatic rings. The van der Waals surface area contributed by atoms with Gasteiger partial charge in [0, 0.05) is 0 Å². The monoisotopic (exact) mass is 214 g/mol. The summed E-state index contributed by atoms with van der Waals surface area (Å²) in [6.45, 7) is 5.32. The Bertz CT molecular complexity index is 257. The number of aliphatic carboxylic acids is 1. The first-order chi connectivity index (χ1) is 7.05. The average Bonchev–Trinajstić information content (AvgIpc) is 2.19. The molecule has 0 aliphatic heterocycles. The van der Waals surface area contributed by atoms with Crippen LogP contribution in [0, 0.1) is 5.41 Å². The van der Waals surface area contributed by atoms with Gasteiger partial charge in [-0.25, -0.2) is 0 Å². The highest BCUT2D eigenvalue weighted by Gasteiger charge is 2.44. The minimum Gasteiger partial charge on any atom is -0.480 e. The van der Waals surface area contributed by atoms with E-state index >= 15 is 0 Å². The Hall–Kier alpha value is -1.32. The van der Waals surface area contributed by atoms with Crippen molar-refractivity contribution in [2.45, 2.75) is 33.6 Å². The van der Waals surface area contributed by atoms with Crippen LogP contribution >= 0.6 is 0 Å². The Labute approximate surface area is 89.9 Å². The lowest BCUT2D eigenvalue weighted by Gasteiger charge is -2.24. The first-order valence-electron chi connectivity index (χ1n) is 5.06. The number of allylic oxidation sites excluding steroid dienone is 2. The summed E-state index contributed by atoms with van der Waals surface area (Å²) in [6, 6.07) is 0. The number of hydrogen-bond acceptors (Lipinski definition) is 3. The molecular weight excluding hydrogens is 196 g/mol. The zero-order valence-corrected chi connectivity index (χ0v) is 9.45. The first-order valence-corrected chi connectivity index (χ1v) is 5.06. The van der Waals surface area contributed by atoms with Gasteiger partial charge in [0.1, 0.15) is 0 Å². The summed E-state index contributed by atoms with van der Waals surface area (Å²) < 4.78 is 4.80. The molecule has 4 heteroatoms. The number of carbonyl (C=O) groups is 2. The number of carboxylic acid groups (broad SMARTS) is 1. The highest BCUT2D eigenvalue weighted by Crippen LogP contribution is 2.29. The summed E-state index contributed by atoms with van der Waals surface area (Å²) >= 11 is 0. The summed E-state index contributed by atoms with van der Waals surface area (Å²) in [6.07, 6.45) is 3.81. The summed E-state index contributed by atoms with van der Waals surface area (Å²) in [4.78, 5) is 22.7. The predicted molar refractivity (Wildman–Crippen MR) is 56.4 cm³/mol. The Morgan fingerprint density at radius 1 is 1.40 bits per heavy atom. The fraction of sp³-hybridized carbons (Fsp3) is 0.636. The molecule has 0 aromatic carbocycles. The lowest BCUT2D eigenvalue weighted by molar-refractivity contribution is -0.168. The molecule has 1 N–H and O–H groups in total. The Morgan fingerprint density at radius 3 is 2.33 bits per heavy atom. The Kier molecular flexibility index (Phi) is 5.67. The van der Waals surface area contributed by atoms with Gasteiger partial charge in [0.2, 0.25) is 0 Å². The van der Waals surface area contributed by atoms with E-state index < -0.39 is 17.4 Å². The number of carbonyl (C=O) groups excluding carboxylic acids is 1. The molecule has 0 heterocycles. The van der Waals surface area contributed by atoms with Crippen molar-refractivity contribution < 1.29 is 19.4 Å². The van der Waals surface area contributed by atoms with Crippen LogP contribution in [0.2, 0.25) is 0 Å². The zero-order valence-electron chi connectivity index (χ0n) is 9.45. The molecule has 0 fully saturated rings. The number of rotatable bonds is 6. The van der Waals surface area contributed by atoms with Crippen LogP contribution in [0.4, 0.5) is 0 Å². The SMILES string of the molecule is C/C=C/CC(CC)(C(=O)O)C(=O)OCC. The van der Waals surface area contributed by atoms with Crippen LogP contribution in [0.1, 0.15) is 33.6 Å². The molecule has 0 radical (unpaired) electrons. The number of hydrogen-bond donors (Lipinski definition) is 1. The van der Waals surface area contributed by atoms with Crippen LogP contribution in [0.5, 0.6) is 0 Å². The zero-order chi connectivity index (χ0) is 11.9. The summed E-state index contributed by atoms with van der Waals surface area (Å²) in [5.74, 6) is -1.78. The Morgan fingerprint density at radius 2 is 2.00 bits per heavy atom. The third-order valence-corrected chi connectivity index (χ3v) is 2.38. The van der Waals surface area contributed by atoms with Crippen molar-refractivity contribution in [2.24, 2.45) is 5.41 Å². The van der Waals surface area contributed by atoms with Gasteiger partial charge in [-0.05, 0) is 26.7 Å². The van der Waals surface area contributed by atoms with E-state index in [4.69, 9.17) is 9.84 Å². The smallest absolute Gasteiger partial charge is 0.323 e.